The van der Waals surface area contributed by atoms with Crippen LogP contribution in [0, 0.1) is 13.8 Å². The molecule has 6 nitrogen and oxygen atoms in total. The van der Waals surface area contributed by atoms with E-state index in [1.807, 2.05) is 49.6 Å². The van der Waals surface area contributed by atoms with Crippen LogP contribution < -0.4 is 5.32 Å². The van der Waals surface area contributed by atoms with Gasteiger partial charge >= 0.3 is 0 Å². The molecule has 0 radical (unpaired) electrons. The van der Waals surface area contributed by atoms with Crippen LogP contribution in [0.4, 0.5) is 5.13 Å². The molecule has 0 fully saturated rings. The van der Waals surface area contributed by atoms with E-state index in [1.165, 1.54) is 17.5 Å². The summed E-state index contributed by atoms with van der Waals surface area (Å²) in [4.78, 5) is 21.3. The van der Waals surface area contributed by atoms with Crippen molar-refractivity contribution in [3.8, 4) is 5.69 Å². The molecular weight excluding hydrogens is 370 g/mol. The molecule has 1 aromatic carbocycles. The molecule has 26 heavy (non-hydrogen) atoms. The van der Waals surface area contributed by atoms with Crippen LogP contribution in [-0.2, 0) is 0 Å². The van der Waals surface area contributed by atoms with E-state index >= 15 is 0 Å². The number of nitrogens with zero attached hydrogens (tertiary/aromatic N) is 4. The van der Waals surface area contributed by atoms with Crippen LogP contribution in [0.1, 0.15) is 21.7 Å². The van der Waals surface area contributed by atoms with Crippen molar-refractivity contribution in [2.75, 3.05) is 5.32 Å². The summed E-state index contributed by atoms with van der Waals surface area (Å²) in [7, 11) is 0. The highest BCUT2D eigenvalue weighted by Gasteiger charge is 2.20. The number of benzene rings is 1. The van der Waals surface area contributed by atoms with Crippen LogP contribution in [-0.4, -0.2) is 25.7 Å². The first-order chi connectivity index (χ1) is 12.5. The number of aryl methyl sites for hydroxylation is 2. The summed E-state index contributed by atoms with van der Waals surface area (Å²) in [5.74, 6) is -0.342. The highest BCUT2D eigenvalue weighted by Crippen LogP contribution is 2.30. The number of rotatable bonds is 3. The van der Waals surface area contributed by atoms with Crippen LogP contribution in [0.2, 0.25) is 5.02 Å². The molecule has 0 saturated carbocycles. The molecule has 0 aliphatic carbocycles. The average molecular weight is 384 g/mol. The number of carbonyl (C=O) groups excluding carboxylic acids is 1. The van der Waals surface area contributed by atoms with E-state index in [2.05, 4.69) is 20.4 Å². The Labute approximate surface area is 158 Å². The zero-order valence-corrected chi connectivity index (χ0v) is 15.6. The van der Waals surface area contributed by atoms with Crippen molar-refractivity contribution in [2.24, 2.45) is 0 Å². The quantitative estimate of drug-likeness (QED) is 0.569. The van der Waals surface area contributed by atoms with Crippen molar-refractivity contribution >= 4 is 45.0 Å². The Morgan fingerprint density at radius 2 is 2.00 bits per heavy atom. The Morgan fingerprint density at radius 1 is 1.23 bits per heavy atom. The number of fused-ring (bicyclic) bond motifs is 1. The second kappa shape index (κ2) is 6.51. The largest absolute Gasteiger partial charge is 0.298 e. The molecule has 0 aliphatic heterocycles. The molecule has 0 atom stereocenters. The predicted molar refractivity (Wildman–Crippen MR) is 103 cm³/mol. The first-order valence-corrected chi connectivity index (χ1v) is 9.13. The summed E-state index contributed by atoms with van der Waals surface area (Å²) in [5.41, 5.74) is 3.35. The first-order valence-electron chi connectivity index (χ1n) is 7.87. The minimum Gasteiger partial charge on any atom is -0.298 e. The van der Waals surface area contributed by atoms with Crippen LogP contribution >= 0.6 is 22.9 Å². The van der Waals surface area contributed by atoms with Gasteiger partial charge in [-0.25, -0.2) is 14.6 Å². The Balaban J connectivity index is 1.78. The molecule has 130 valence electrons. The van der Waals surface area contributed by atoms with Gasteiger partial charge in [0.1, 0.15) is 0 Å². The Hall–Kier alpha value is -2.77. The molecule has 3 aromatic heterocycles. The number of carbonyl (C=O) groups is 1. The van der Waals surface area contributed by atoms with Crippen LogP contribution in [0.3, 0.4) is 0 Å². The fourth-order valence-corrected chi connectivity index (χ4v) is 3.73. The van der Waals surface area contributed by atoms with Gasteiger partial charge in [0, 0.05) is 11.6 Å². The molecule has 1 amide bonds. The zero-order chi connectivity index (χ0) is 18.3. The molecule has 0 saturated heterocycles. The van der Waals surface area contributed by atoms with Crippen molar-refractivity contribution in [1.29, 1.82) is 0 Å². The molecule has 0 aliphatic rings. The number of nitrogens with one attached hydrogen (secondary N) is 1. The molecule has 4 rings (SSSR count). The highest BCUT2D eigenvalue weighted by atomic mass is 35.5. The number of thiazole rings is 1. The van der Waals surface area contributed by atoms with Crippen molar-refractivity contribution < 1.29 is 4.79 Å². The van der Waals surface area contributed by atoms with E-state index in [0.717, 1.165) is 11.4 Å². The van der Waals surface area contributed by atoms with Crippen molar-refractivity contribution in [2.45, 2.75) is 13.8 Å². The predicted octanol–water partition coefficient (Wildman–Crippen LogP) is 4.40. The van der Waals surface area contributed by atoms with Gasteiger partial charge in [0.2, 0.25) is 0 Å². The number of para-hydroxylation sites is 1. The van der Waals surface area contributed by atoms with Gasteiger partial charge < -0.3 is 0 Å². The van der Waals surface area contributed by atoms with Gasteiger partial charge in [0.15, 0.2) is 10.8 Å². The molecular formula is C18H14ClN5OS. The fourth-order valence-electron chi connectivity index (χ4n) is 2.69. The highest BCUT2D eigenvalue weighted by molar-refractivity contribution is 7.13. The number of hydrogen-bond acceptors (Lipinski definition) is 5. The molecule has 4 aromatic rings. The lowest BCUT2D eigenvalue weighted by Gasteiger charge is -2.06. The number of amides is 1. The second-order valence-corrected chi connectivity index (χ2v) is 7.00. The minimum absolute atomic E-state index is 0.294. The van der Waals surface area contributed by atoms with E-state index < -0.39 is 0 Å². The fraction of sp³-hybridized carbons (Fsp3) is 0.111. The molecule has 1 N–H and O–H groups in total. The summed E-state index contributed by atoms with van der Waals surface area (Å²) < 4.78 is 1.72. The minimum atomic E-state index is -0.342. The Kier molecular flexibility index (Phi) is 4.18. The van der Waals surface area contributed by atoms with Crippen LogP contribution in [0.15, 0.2) is 41.9 Å². The van der Waals surface area contributed by atoms with E-state index in [4.69, 9.17) is 11.6 Å². The maximum absolute atomic E-state index is 12.6. The third-order valence-corrected chi connectivity index (χ3v) is 5.16. The van der Waals surface area contributed by atoms with E-state index in [0.29, 0.717) is 32.4 Å². The molecule has 0 unspecified atom stereocenters. The molecule has 8 heteroatoms. The van der Waals surface area contributed by atoms with Gasteiger partial charge in [0.25, 0.3) is 5.91 Å². The van der Waals surface area contributed by atoms with E-state index in [1.54, 1.807) is 4.68 Å². The molecule has 0 bridgehead atoms. The van der Waals surface area contributed by atoms with Gasteiger partial charge in [-0.2, -0.15) is 5.10 Å². The first kappa shape index (κ1) is 16.7. The Bertz CT molecular complexity index is 1120. The second-order valence-electron chi connectivity index (χ2n) is 5.77. The van der Waals surface area contributed by atoms with Crippen LogP contribution in [0.5, 0.6) is 0 Å². The number of aromatic nitrogens is 4. The topological polar surface area (TPSA) is 72.7 Å². The molecule has 0 spiro atoms. The third kappa shape index (κ3) is 2.85. The van der Waals surface area contributed by atoms with Crippen molar-refractivity contribution in [3.05, 3.63) is 63.9 Å². The summed E-state index contributed by atoms with van der Waals surface area (Å²) in [6.07, 6.45) is 1.47. The monoisotopic (exact) mass is 383 g/mol. The Morgan fingerprint density at radius 3 is 2.69 bits per heavy atom. The summed E-state index contributed by atoms with van der Waals surface area (Å²) >= 11 is 7.91. The van der Waals surface area contributed by atoms with Crippen molar-refractivity contribution in [1.82, 2.24) is 19.7 Å². The number of anilines is 1. The number of halogens is 1. The molecule has 3 heterocycles. The average Bonchev–Trinajstić information content (AvgIpc) is 3.19. The smallest absolute Gasteiger partial charge is 0.260 e. The lowest BCUT2D eigenvalue weighted by molar-refractivity contribution is 0.102. The van der Waals surface area contributed by atoms with Gasteiger partial charge in [-0.05, 0) is 26.0 Å². The lowest BCUT2D eigenvalue weighted by atomic mass is 10.2. The number of pyridine rings is 1. The standard InChI is InChI=1S/C18H14ClN5OS/c1-10-9-26-18(21-10)22-17(25)13-8-20-16-14(15(13)19)11(2)23-24(16)12-6-4-3-5-7-12/h3-9H,1-2H3,(H,21,22,25). The zero-order valence-electron chi connectivity index (χ0n) is 14.0. The van der Waals surface area contributed by atoms with Gasteiger partial charge in [-0.15, -0.1) is 11.3 Å². The maximum atomic E-state index is 12.6. The van der Waals surface area contributed by atoms with Gasteiger partial charge in [-0.1, -0.05) is 29.8 Å². The van der Waals surface area contributed by atoms with Gasteiger partial charge in [-0.3, -0.25) is 10.1 Å². The van der Waals surface area contributed by atoms with Crippen LogP contribution in [0.25, 0.3) is 16.7 Å². The summed E-state index contributed by atoms with van der Waals surface area (Å²) in [6, 6.07) is 9.67. The van der Waals surface area contributed by atoms with E-state index in [-0.39, 0.29) is 5.91 Å². The third-order valence-electron chi connectivity index (χ3n) is 3.89. The van der Waals surface area contributed by atoms with Gasteiger partial charge in [0.05, 0.1) is 33.0 Å². The lowest BCUT2D eigenvalue weighted by Crippen LogP contribution is -2.13. The SMILES string of the molecule is Cc1csc(NC(=O)c2cnc3c(c(C)nn3-c3ccccc3)c2Cl)n1. The van der Waals surface area contributed by atoms with Crippen molar-refractivity contribution in [3.63, 3.8) is 0 Å². The normalized spacial score (nSPS) is 11.0. The number of hydrogen-bond donors (Lipinski definition) is 1. The maximum Gasteiger partial charge on any atom is 0.260 e. The summed E-state index contributed by atoms with van der Waals surface area (Å²) in [6.45, 7) is 3.72. The summed E-state index contributed by atoms with van der Waals surface area (Å²) in [5, 5.41) is 10.7. The van der Waals surface area contributed by atoms with E-state index in [9.17, 15) is 4.79 Å².